The monoisotopic (exact) mass is 418 g/mol. The van der Waals surface area contributed by atoms with E-state index in [9.17, 15) is 13.2 Å². The summed E-state index contributed by atoms with van der Waals surface area (Å²) >= 11 is 3.25. The van der Waals surface area contributed by atoms with Crippen LogP contribution in [0.4, 0.5) is 0 Å². The van der Waals surface area contributed by atoms with Crippen molar-refractivity contribution in [1.82, 2.24) is 9.62 Å². The molecule has 1 unspecified atom stereocenters. The molecule has 1 aromatic rings. The molecule has 0 aliphatic carbocycles. The summed E-state index contributed by atoms with van der Waals surface area (Å²) in [7, 11) is -0.672. The highest BCUT2D eigenvalue weighted by Gasteiger charge is 2.22. The first-order valence-electron chi connectivity index (χ1n) is 8.24. The molecule has 0 aliphatic rings. The highest BCUT2D eigenvalue weighted by molar-refractivity contribution is 9.10. The number of nitrogens with zero attached hydrogens (tertiary/aromatic N) is 1. The fraction of sp³-hybridized carbons (Fsp3) is 0.588. The summed E-state index contributed by atoms with van der Waals surface area (Å²) in [5, 5.41) is 2.92. The molecular formula is C17H27BrN2O3S. The maximum atomic E-state index is 12.4. The Labute approximate surface area is 154 Å². The van der Waals surface area contributed by atoms with Gasteiger partial charge in [-0.3, -0.25) is 4.79 Å². The number of carbonyl (C=O) groups is 1. The smallest absolute Gasteiger partial charge is 0.251 e. The van der Waals surface area contributed by atoms with E-state index in [0.29, 0.717) is 22.5 Å². The molecule has 0 fully saturated rings. The Hall–Kier alpha value is -0.920. The molecule has 0 aromatic heterocycles. The molecule has 7 heteroatoms. The number of sulfonamides is 1. The molecule has 1 atom stereocenters. The Morgan fingerprint density at radius 3 is 2.50 bits per heavy atom. The average molecular weight is 419 g/mol. The zero-order valence-corrected chi connectivity index (χ0v) is 17.2. The number of hydrogen-bond donors (Lipinski definition) is 1. The molecule has 1 amide bonds. The normalized spacial score (nSPS) is 13.1. The van der Waals surface area contributed by atoms with Gasteiger partial charge in [0.2, 0.25) is 10.0 Å². The number of rotatable bonds is 9. The second-order valence-corrected chi connectivity index (χ2v) is 9.03. The van der Waals surface area contributed by atoms with E-state index in [1.54, 1.807) is 12.1 Å². The van der Waals surface area contributed by atoms with Gasteiger partial charge >= 0.3 is 0 Å². The summed E-state index contributed by atoms with van der Waals surface area (Å²) in [4.78, 5) is 12.5. The third-order valence-corrected chi connectivity index (χ3v) is 6.86. The van der Waals surface area contributed by atoms with Gasteiger partial charge in [0.05, 0.1) is 4.90 Å². The topological polar surface area (TPSA) is 66.5 Å². The van der Waals surface area contributed by atoms with E-state index in [-0.39, 0.29) is 10.8 Å². The number of amides is 1. The lowest BCUT2D eigenvalue weighted by atomic mass is 9.99. The summed E-state index contributed by atoms with van der Waals surface area (Å²) in [5.74, 6) is 0.210. The Bertz CT molecular complexity index is 660. The Morgan fingerprint density at radius 2 is 1.96 bits per heavy atom. The van der Waals surface area contributed by atoms with Crippen molar-refractivity contribution < 1.29 is 13.2 Å². The lowest BCUT2D eigenvalue weighted by Gasteiger charge is -2.16. The third kappa shape index (κ3) is 5.57. The van der Waals surface area contributed by atoms with Crippen LogP contribution in [0.2, 0.25) is 0 Å². The van der Waals surface area contributed by atoms with Gasteiger partial charge in [-0.05, 0) is 46.5 Å². The number of unbranched alkanes of at least 4 members (excludes halogenated alkanes) is 1. The standard InChI is InChI=1S/C17H27BrN2O3S/c1-5-7-8-13(6-2)12-19-17(21)14-9-10-15(18)16(11-14)24(22,23)20(3)4/h9-11,13H,5-8,12H2,1-4H3,(H,19,21). The van der Waals surface area contributed by atoms with Crippen LogP contribution >= 0.6 is 15.9 Å². The number of halogens is 1. The zero-order valence-electron chi connectivity index (χ0n) is 14.8. The van der Waals surface area contributed by atoms with Gasteiger partial charge in [-0.25, -0.2) is 12.7 Å². The van der Waals surface area contributed by atoms with E-state index in [0.717, 1.165) is 30.0 Å². The molecule has 1 aromatic carbocycles. The van der Waals surface area contributed by atoms with Crippen LogP contribution in [0.3, 0.4) is 0 Å². The molecule has 0 saturated carbocycles. The van der Waals surface area contributed by atoms with Crippen molar-refractivity contribution >= 4 is 31.9 Å². The van der Waals surface area contributed by atoms with Crippen molar-refractivity contribution in [3.8, 4) is 0 Å². The van der Waals surface area contributed by atoms with Crippen LogP contribution in [0.5, 0.6) is 0 Å². The third-order valence-electron chi connectivity index (χ3n) is 4.05. The average Bonchev–Trinajstić information content (AvgIpc) is 2.54. The lowest BCUT2D eigenvalue weighted by molar-refractivity contribution is 0.0945. The first kappa shape index (κ1) is 21.1. The Morgan fingerprint density at radius 1 is 1.29 bits per heavy atom. The molecule has 24 heavy (non-hydrogen) atoms. The molecule has 0 spiro atoms. The molecule has 0 heterocycles. The summed E-state index contributed by atoms with van der Waals surface area (Å²) in [5.41, 5.74) is 0.351. The van der Waals surface area contributed by atoms with Crippen LogP contribution in [0.25, 0.3) is 0 Å². The van der Waals surface area contributed by atoms with Crippen molar-refractivity contribution in [3.63, 3.8) is 0 Å². The summed E-state index contributed by atoms with van der Waals surface area (Å²) in [6.45, 7) is 4.88. The van der Waals surface area contributed by atoms with Crippen molar-refractivity contribution in [2.45, 2.75) is 44.4 Å². The van der Waals surface area contributed by atoms with Gasteiger partial charge in [-0.15, -0.1) is 0 Å². The SMILES string of the molecule is CCCCC(CC)CNC(=O)c1ccc(Br)c(S(=O)(=O)N(C)C)c1. The quantitative estimate of drug-likeness (QED) is 0.665. The summed E-state index contributed by atoms with van der Waals surface area (Å²) in [6.07, 6.45) is 4.40. The number of hydrogen-bond acceptors (Lipinski definition) is 3. The van der Waals surface area contributed by atoms with Crippen molar-refractivity contribution in [1.29, 1.82) is 0 Å². The molecule has 0 saturated heterocycles. The maximum absolute atomic E-state index is 12.4. The van der Waals surface area contributed by atoms with Gasteiger partial charge in [0, 0.05) is 30.7 Å². The van der Waals surface area contributed by atoms with Crippen LogP contribution in [0.1, 0.15) is 49.9 Å². The molecule has 0 aliphatic heterocycles. The highest BCUT2D eigenvalue weighted by Crippen LogP contribution is 2.25. The highest BCUT2D eigenvalue weighted by atomic mass is 79.9. The van der Waals surface area contributed by atoms with Crippen molar-refractivity contribution in [2.75, 3.05) is 20.6 Å². The van der Waals surface area contributed by atoms with Crippen LogP contribution in [-0.4, -0.2) is 39.3 Å². The van der Waals surface area contributed by atoms with E-state index in [1.807, 2.05) is 0 Å². The molecular weight excluding hydrogens is 392 g/mol. The summed E-state index contributed by atoms with van der Waals surface area (Å²) in [6, 6.07) is 4.64. The minimum Gasteiger partial charge on any atom is -0.352 e. The van der Waals surface area contributed by atoms with Crippen LogP contribution in [0.15, 0.2) is 27.6 Å². The van der Waals surface area contributed by atoms with E-state index < -0.39 is 10.0 Å². The fourth-order valence-corrected chi connectivity index (χ4v) is 4.17. The number of carbonyl (C=O) groups excluding carboxylic acids is 1. The molecule has 1 N–H and O–H groups in total. The van der Waals surface area contributed by atoms with Crippen molar-refractivity contribution in [2.24, 2.45) is 5.92 Å². The molecule has 5 nitrogen and oxygen atoms in total. The van der Waals surface area contributed by atoms with Gasteiger partial charge in [0.15, 0.2) is 0 Å². The minimum atomic E-state index is -3.61. The molecule has 0 bridgehead atoms. The van der Waals surface area contributed by atoms with Gasteiger partial charge in [-0.2, -0.15) is 0 Å². The van der Waals surface area contributed by atoms with Gasteiger partial charge in [0.25, 0.3) is 5.91 Å². The first-order valence-corrected chi connectivity index (χ1v) is 10.5. The molecule has 136 valence electrons. The maximum Gasteiger partial charge on any atom is 0.251 e. The van der Waals surface area contributed by atoms with E-state index >= 15 is 0 Å². The van der Waals surface area contributed by atoms with Crippen LogP contribution < -0.4 is 5.32 Å². The lowest BCUT2D eigenvalue weighted by Crippen LogP contribution is -2.29. The van der Waals surface area contributed by atoms with Crippen molar-refractivity contribution in [3.05, 3.63) is 28.2 Å². The van der Waals surface area contributed by atoms with Gasteiger partial charge in [-0.1, -0.05) is 33.1 Å². The van der Waals surface area contributed by atoms with E-state index in [1.165, 1.54) is 20.2 Å². The summed E-state index contributed by atoms with van der Waals surface area (Å²) < 4.78 is 26.2. The minimum absolute atomic E-state index is 0.0955. The van der Waals surface area contributed by atoms with Crippen LogP contribution in [-0.2, 0) is 10.0 Å². The zero-order chi connectivity index (χ0) is 18.3. The van der Waals surface area contributed by atoms with E-state index in [4.69, 9.17) is 0 Å². The molecule has 0 radical (unpaired) electrons. The fourth-order valence-electron chi connectivity index (χ4n) is 2.32. The number of benzene rings is 1. The number of nitrogens with one attached hydrogen (secondary N) is 1. The largest absolute Gasteiger partial charge is 0.352 e. The second kappa shape index (κ2) is 9.53. The predicted octanol–water partition coefficient (Wildman–Crippen LogP) is 3.65. The Kier molecular flexibility index (Phi) is 8.39. The van der Waals surface area contributed by atoms with Gasteiger partial charge < -0.3 is 5.32 Å². The Balaban J connectivity index is 2.89. The van der Waals surface area contributed by atoms with Crippen LogP contribution in [0, 0.1) is 5.92 Å². The van der Waals surface area contributed by atoms with Gasteiger partial charge in [0.1, 0.15) is 0 Å². The van der Waals surface area contributed by atoms with E-state index in [2.05, 4.69) is 35.1 Å². The first-order chi connectivity index (χ1) is 11.2. The molecule has 1 rings (SSSR count). The predicted molar refractivity (Wildman–Crippen MR) is 101 cm³/mol. The second-order valence-electron chi connectivity index (χ2n) is 6.06.